The fraction of sp³-hybridized carbons (Fsp3) is 0.267. The number of hydrogen-bond donors (Lipinski definition) is 0. The van der Waals surface area contributed by atoms with Crippen molar-refractivity contribution >= 4 is 12.2 Å². The zero-order valence-electron chi connectivity index (χ0n) is 13.1. The Kier molecular flexibility index (Phi) is 5.38. The SMILES string of the molecule is CCOC(=O)/C=C\n1cnc(-c2cc(C(F)(F)F)cc(C(F)(F)F)c2)n1. The van der Waals surface area contributed by atoms with Crippen LogP contribution in [0.4, 0.5) is 26.3 Å². The van der Waals surface area contributed by atoms with Gasteiger partial charge in [0.1, 0.15) is 6.33 Å². The Balaban J connectivity index is 2.41. The van der Waals surface area contributed by atoms with Crippen molar-refractivity contribution in [3.63, 3.8) is 0 Å². The number of benzene rings is 1. The molecule has 2 aromatic rings. The number of aromatic nitrogens is 3. The molecule has 0 unspecified atom stereocenters. The smallest absolute Gasteiger partial charge is 0.416 e. The summed E-state index contributed by atoms with van der Waals surface area (Å²) in [6.07, 6.45) is -6.83. The second-order valence-electron chi connectivity index (χ2n) is 4.91. The lowest BCUT2D eigenvalue weighted by molar-refractivity contribution is -0.143. The minimum atomic E-state index is -4.97. The molecule has 0 aliphatic carbocycles. The average molecular weight is 379 g/mol. The Morgan fingerprint density at radius 2 is 1.69 bits per heavy atom. The molecule has 5 nitrogen and oxygen atoms in total. The van der Waals surface area contributed by atoms with Crippen molar-refractivity contribution in [2.45, 2.75) is 19.3 Å². The molecule has 1 heterocycles. The van der Waals surface area contributed by atoms with Gasteiger partial charge in [0.05, 0.1) is 17.7 Å². The topological polar surface area (TPSA) is 57.0 Å². The van der Waals surface area contributed by atoms with Crippen LogP contribution in [0.1, 0.15) is 18.1 Å². The third-order valence-corrected chi connectivity index (χ3v) is 3.00. The van der Waals surface area contributed by atoms with Crippen molar-refractivity contribution in [3.05, 3.63) is 41.7 Å². The van der Waals surface area contributed by atoms with E-state index in [1.807, 2.05) is 0 Å². The van der Waals surface area contributed by atoms with E-state index in [0.29, 0.717) is 12.1 Å². The van der Waals surface area contributed by atoms with E-state index in [9.17, 15) is 31.1 Å². The van der Waals surface area contributed by atoms with Crippen LogP contribution in [-0.2, 0) is 21.9 Å². The van der Waals surface area contributed by atoms with Crippen LogP contribution in [0.25, 0.3) is 17.6 Å². The van der Waals surface area contributed by atoms with Gasteiger partial charge in [-0.15, -0.1) is 5.10 Å². The zero-order valence-corrected chi connectivity index (χ0v) is 13.1. The molecule has 2 rings (SSSR count). The van der Waals surface area contributed by atoms with Crippen molar-refractivity contribution in [2.24, 2.45) is 0 Å². The molecule has 0 amide bonds. The number of alkyl halides is 6. The summed E-state index contributed by atoms with van der Waals surface area (Å²) in [7, 11) is 0. The highest BCUT2D eigenvalue weighted by atomic mass is 19.4. The van der Waals surface area contributed by atoms with E-state index in [4.69, 9.17) is 0 Å². The summed E-state index contributed by atoms with van der Waals surface area (Å²) in [4.78, 5) is 14.9. The summed E-state index contributed by atoms with van der Waals surface area (Å²) < 4.78 is 82.8. The van der Waals surface area contributed by atoms with E-state index in [-0.39, 0.29) is 18.5 Å². The Hall–Kier alpha value is -2.85. The molecule has 11 heteroatoms. The molecule has 0 spiro atoms. The molecule has 0 saturated carbocycles. The summed E-state index contributed by atoms with van der Waals surface area (Å²) in [6.45, 7) is 1.72. The van der Waals surface area contributed by atoms with Crippen LogP contribution in [0.3, 0.4) is 0 Å². The van der Waals surface area contributed by atoms with Gasteiger partial charge in [-0.3, -0.25) is 0 Å². The minimum Gasteiger partial charge on any atom is -0.463 e. The van der Waals surface area contributed by atoms with E-state index >= 15 is 0 Å². The molecule has 0 saturated heterocycles. The van der Waals surface area contributed by atoms with Crippen LogP contribution in [-0.4, -0.2) is 27.3 Å². The maximum absolute atomic E-state index is 12.9. The van der Waals surface area contributed by atoms with Crippen molar-refractivity contribution in [2.75, 3.05) is 6.61 Å². The molecule has 0 bridgehead atoms. The minimum absolute atomic E-state index is 0.0150. The van der Waals surface area contributed by atoms with Crippen LogP contribution < -0.4 is 0 Å². The summed E-state index contributed by atoms with van der Waals surface area (Å²) in [5, 5.41) is 3.74. The quantitative estimate of drug-likeness (QED) is 0.458. The molecule has 26 heavy (non-hydrogen) atoms. The van der Waals surface area contributed by atoms with E-state index < -0.39 is 35.0 Å². The van der Waals surface area contributed by atoms with Gasteiger partial charge in [-0.05, 0) is 25.1 Å². The lowest BCUT2D eigenvalue weighted by Crippen LogP contribution is -2.11. The van der Waals surface area contributed by atoms with Crippen molar-refractivity contribution in [3.8, 4) is 11.4 Å². The van der Waals surface area contributed by atoms with Crippen LogP contribution in [0.2, 0.25) is 0 Å². The van der Waals surface area contributed by atoms with Crippen LogP contribution in [0.15, 0.2) is 30.6 Å². The maximum Gasteiger partial charge on any atom is 0.416 e. The summed E-state index contributed by atoms with van der Waals surface area (Å²) in [6, 6.07) is 1.05. The summed E-state index contributed by atoms with van der Waals surface area (Å²) >= 11 is 0. The third kappa shape index (κ3) is 4.83. The Bertz CT molecular complexity index is 791. The monoisotopic (exact) mass is 379 g/mol. The first kappa shape index (κ1) is 19.5. The van der Waals surface area contributed by atoms with Gasteiger partial charge in [-0.2, -0.15) is 26.3 Å². The fourth-order valence-corrected chi connectivity index (χ4v) is 1.89. The van der Waals surface area contributed by atoms with Crippen LogP contribution in [0, 0.1) is 0 Å². The van der Waals surface area contributed by atoms with E-state index in [2.05, 4.69) is 14.8 Å². The number of carbonyl (C=O) groups excluding carboxylic acids is 1. The predicted octanol–water partition coefficient (Wildman–Crippen LogP) is 4.02. The Morgan fingerprint density at radius 3 is 2.19 bits per heavy atom. The number of nitrogens with zero attached hydrogens (tertiary/aromatic N) is 3. The van der Waals surface area contributed by atoms with Crippen LogP contribution in [0.5, 0.6) is 0 Å². The lowest BCUT2D eigenvalue weighted by Gasteiger charge is -2.13. The van der Waals surface area contributed by atoms with E-state index in [1.165, 1.54) is 0 Å². The van der Waals surface area contributed by atoms with Gasteiger partial charge in [-0.1, -0.05) is 0 Å². The molecule has 0 aliphatic rings. The highest BCUT2D eigenvalue weighted by Crippen LogP contribution is 2.37. The first-order valence-electron chi connectivity index (χ1n) is 7.06. The first-order chi connectivity index (χ1) is 12.0. The van der Waals surface area contributed by atoms with Crippen LogP contribution >= 0.6 is 0 Å². The number of hydrogen-bond acceptors (Lipinski definition) is 4. The Labute approximate surface area is 142 Å². The number of ether oxygens (including phenoxy) is 1. The Morgan fingerprint density at radius 1 is 1.12 bits per heavy atom. The summed E-state index contributed by atoms with van der Waals surface area (Å²) in [5.41, 5.74) is -3.41. The molecule has 0 N–H and O–H groups in total. The summed E-state index contributed by atoms with van der Waals surface area (Å²) in [5.74, 6) is -1.06. The standard InChI is InChI=1S/C15H11F6N3O2/c1-2-26-12(25)3-4-24-8-22-13(23-24)9-5-10(14(16,17)18)7-11(6-9)15(19,20)21/h3-8H,2H2,1H3/b4-3-. The van der Waals surface area contributed by atoms with Crippen molar-refractivity contribution in [1.82, 2.24) is 14.8 Å². The number of carbonyl (C=O) groups is 1. The van der Waals surface area contributed by atoms with Gasteiger partial charge in [0.25, 0.3) is 0 Å². The first-order valence-corrected chi connectivity index (χ1v) is 7.06. The molecule has 1 aromatic heterocycles. The van der Waals surface area contributed by atoms with Gasteiger partial charge in [-0.25, -0.2) is 14.5 Å². The predicted molar refractivity (Wildman–Crippen MR) is 77.4 cm³/mol. The lowest BCUT2D eigenvalue weighted by atomic mass is 10.0. The zero-order chi connectivity index (χ0) is 19.5. The third-order valence-electron chi connectivity index (χ3n) is 3.00. The molecular weight excluding hydrogens is 368 g/mol. The maximum atomic E-state index is 12.9. The van der Waals surface area contributed by atoms with Gasteiger partial charge in [0, 0.05) is 17.8 Å². The molecule has 1 aromatic carbocycles. The van der Waals surface area contributed by atoms with Gasteiger partial charge >= 0.3 is 18.3 Å². The molecule has 0 fully saturated rings. The number of rotatable bonds is 4. The highest BCUT2D eigenvalue weighted by molar-refractivity contribution is 5.84. The van der Waals surface area contributed by atoms with Gasteiger partial charge in [0.15, 0.2) is 5.82 Å². The molecule has 0 aliphatic heterocycles. The molecular formula is C15H11F6N3O2. The highest BCUT2D eigenvalue weighted by Gasteiger charge is 2.37. The van der Waals surface area contributed by atoms with Crippen molar-refractivity contribution in [1.29, 1.82) is 0 Å². The average Bonchev–Trinajstić information content (AvgIpc) is 3.00. The second-order valence-corrected chi connectivity index (χ2v) is 4.91. The number of halogens is 6. The normalized spacial score (nSPS) is 12.6. The molecule has 0 radical (unpaired) electrons. The van der Waals surface area contributed by atoms with Gasteiger partial charge < -0.3 is 4.74 Å². The largest absolute Gasteiger partial charge is 0.463 e. The molecule has 140 valence electrons. The fourth-order valence-electron chi connectivity index (χ4n) is 1.89. The van der Waals surface area contributed by atoms with E-state index in [0.717, 1.165) is 23.3 Å². The second kappa shape index (κ2) is 7.18. The van der Waals surface area contributed by atoms with Crippen molar-refractivity contribution < 1.29 is 35.9 Å². The molecule has 0 atom stereocenters. The van der Waals surface area contributed by atoms with Gasteiger partial charge in [0.2, 0.25) is 0 Å². The van der Waals surface area contributed by atoms with E-state index in [1.54, 1.807) is 6.92 Å². The number of esters is 1.